The molecule has 16 heavy (non-hydrogen) atoms. The van der Waals surface area contributed by atoms with E-state index in [9.17, 15) is 4.79 Å². The molecule has 1 saturated carbocycles. The Hall–Kier alpha value is -0.610. The monoisotopic (exact) mass is 228 g/mol. The lowest BCUT2D eigenvalue weighted by atomic mass is 9.85. The number of likely N-dealkylation sites (N-methyl/N-ethyl adjacent to an activating group) is 2. The van der Waals surface area contributed by atoms with Crippen LogP contribution in [0.3, 0.4) is 0 Å². The number of rotatable bonds is 7. The number of esters is 1. The summed E-state index contributed by atoms with van der Waals surface area (Å²) in [5, 5.41) is 3.16. The molecule has 0 aromatic heterocycles. The molecule has 0 aromatic rings. The Morgan fingerprint density at radius 1 is 1.56 bits per heavy atom. The zero-order chi connectivity index (χ0) is 12.0. The summed E-state index contributed by atoms with van der Waals surface area (Å²) in [4.78, 5) is 13.7. The molecule has 1 aliphatic rings. The Morgan fingerprint density at radius 2 is 2.25 bits per heavy atom. The molecule has 0 aliphatic heterocycles. The first-order valence-electron chi connectivity index (χ1n) is 6.17. The average molecular weight is 228 g/mol. The molecule has 4 nitrogen and oxygen atoms in total. The first-order chi connectivity index (χ1) is 7.67. The SMILES string of the molecule is CCNC(CN(C)CC1CCC1)C(=O)OC. The van der Waals surface area contributed by atoms with E-state index in [1.54, 1.807) is 0 Å². The third-order valence-corrected chi connectivity index (χ3v) is 3.23. The number of carbonyl (C=O) groups is 1. The highest BCUT2D eigenvalue weighted by molar-refractivity contribution is 5.75. The maximum atomic E-state index is 11.5. The lowest BCUT2D eigenvalue weighted by molar-refractivity contribution is -0.143. The van der Waals surface area contributed by atoms with Crippen LogP contribution in [0.5, 0.6) is 0 Å². The second-order valence-corrected chi connectivity index (χ2v) is 4.65. The molecule has 0 heterocycles. The predicted octanol–water partition coefficient (Wildman–Crippen LogP) is 0.869. The highest BCUT2D eigenvalue weighted by Gasteiger charge is 2.23. The zero-order valence-electron chi connectivity index (χ0n) is 10.7. The van der Waals surface area contributed by atoms with Crippen LogP contribution in [0.25, 0.3) is 0 Å². The summed E-state index contributed by atoms with van der Waals surface area (Å²) in [5.41, 5.74) is 0. The molecule has 1 rings (SSSR count). The lowest BCUT2D eigenvalue weighted by Gasteiger charge is -2.31. The topological polar surface area (TPSA) is 41.6 Å². The molecule has 0 radical (unpaired) electrons. The van der Waals surface area contributed by atoms with Crippen LogP contribution in [0, 0.1) is 5.92 Å². The van der Waals surface area contributed by atoms with E-state index in [2.05, 4.69) is 17.3 Å². The normalized spacial score (nSPS) is 18.2. The van der Waals surface area contributed by atoms with E-state index in [-0.39, 0.29) is 12.0 Å². The molecule has 1 atom stereocenters. The fourth-order valence-corrected chi connectivity index (χ4v) is 2.11. The third kappa shape index (κ3) is 4.10. The van der Waals surface area contributed by atoms with Crippen LogP contribution >= 0.6 is 0 Å². The van der Waals surface area contributed by atoms with Crippen molar-refractivity contribution in [2.75, 3.05) is 33.8 Å². The standard InChI is InChI=1S/C12H24N2O2/c1-4-13-11(12(15)16-3)9-14(2)8-10-6-5-7-10/h10-11,13H,4-9H2,1-3H3. The van der Waals surface area contributed by atoms with Crippen molar-refractivity contribution >= 4 is 5.97 Å². The van der Waals surface area contributed by atoms with Crippen molar-refractivity contribution in [3.63, 3.8) is 0 Å². The molecule has 1 aliphatic carbocycles. The van der Waals surface area contributed by atoms with Gasteiger partial charge < -0.3 is 15.0 Å². The van der Waals surface area contributed by atoms with E-state index in [1.807, 2.05) is 6.92 Å². The van der Waals surface area contributed by atoms with Gasteiger partial charge in [0.1, 0.15) is 6.04 Å². The fourth-order valence-electron chi connectivity index (χ4n) is 2.11. The molecule has 0 amide bonds. The minimum atomic E-state index is -0.194. The second kappa shape index (κ2) is 6.86. The molecule has 0 bridgehead atoms. The molecule has 0 spiro atoms. The van der Waals surface area contributed by atoms with Crippen LogP contribution in [0.4, 0.5) is 0 Å². The first-order valence-corrected chi connectivity index (χ1v) is 6.17. The van der Waals surface area contributed by atoms with Gasteiger partial charge >= 0.3 is 5.97 Å². The van der Waals surface area contributed by atoms with Crippen molar-refractivity contribution in [3.05, 3.63) is 0 Å². The Labute approximate surface area is 98.3 Å². The maximum absolute atomic E-state index is 11.5. The van der Waals surface area contributed by atoms with Crippen molar-refractivity contribution < 1.29 is 9.53 Å². The first kappa shape index (κ1) is 13.5. The van der Waals surface area contributed by atoms with Gasteiger partial charge in [0.2, 0.25) is 0 Å². The molecule has 94 valence electrons. The highest BCUT2D eigenvalue weighted by Crippen LogP contribution is 2.26. The summed E-state index contributed by atoms with van der Waals surface area (Å²) in [6.45, 7) is 4.62. The van der Waals surface area contributed by atoms with E-state index >= 15 is 0 Å². The summed E-state index contributed by atoms with van der Waals surface area (Å²) < 4.78 is 4.78. The van der Waals surface area contributed by atoms with E-state index < -0.39 is 0 Å². The Balaban J connectivity index is 2.30. The molecular weight excluding hydrogens is 204 g/mol. The third-order valence-electron chi connectivity index (χ3n) is 3.23. The van der Waals surface area contributed by atoms with Crippen LogP contribution in [-0.2, 0) is 9.53 Å². The van der Waals surface area contributed by atoms with Gasteiger partial charge in [-0.25, -0.2) is 0 Å². The molecular formula is C12H24N2O2. The van der Waals surface area contributed by atoms with Gasteiger partial charge in [-0.1, -0.05) is 13.3 Å². The van der Waals surface area contributed by atoms with Crippen molar-refractivity contribution in [2.45, 2.75) is 32.2 Å². The summed E-state index contributed by atoms with van der Waals surface area (Å²) in [6.07, 6.45) is 4.05. The van der Waals surface area contributed by atoms with Crippen molar-refractivity contribution in [3.8, 4) is 0 Å². The largest absolute Gasteiger partial charge is 0.468 e. The van der Waals surface area contributed by atoms with Crippen LogP contribution in [0.1, 0.15) is 26.2 Å². The Morgan fingerprint density at radius 3 is 2.69 bits per heavy atom. The fraction of sp³-hybridized carbons (Fsp3) is 0.917. The van der Waals surface area contributed by atoms with Crippen LogP contribution in [0.2, 0.25) is 0 Å². The van der Waals surface area contributed by atoms with Gasteiger partial charge in [0.05, 0.1) is 7.11 Å². The number of hydrogen-bond acceptors (Lipinski definition) is 4. The summed E-state index contributed by atoms with van der Waals surface area (Å²) in [5.74, 6) is 0.673. The second-order valence-electron chi connectivity index (χ2n) is 4.65. The van der Waals surface area contributed by atoms with E-state index in [0.717, 1.165) is 25.6 Å². The number of nitrogens with zero attached hydrogens (tertiary/aromatic N) is 1. The smallest absolute Gasteiger partial charge is 0.324 e. The van der Waals surface area contributed by atoms with Gasteiger partial charge in [-0.2, -0.15) is 0 Å². The Kier molecular flexibility index (Phi) is 5.77. The predicted molar refractivity (Wildman–Crippen MR) is 64.3 cm³/mol. The minimum Gasteiger partial charge on any atom is -0.468 e. The van der Waals surface area contributed by atoms with Crippen LogP contribution in [0.15, 0.2) is 0 Å². The van der Waals surface area contributed by atoms with Crippen molar-refractivity contribution in [1.82, 2.24) is 10.2 Å². The summed E-state index contributed by atoms with van der Waals surface area (Å²) in [7, 11) is 3.52. The highest BCUT2D eigenvalue weighted by atomic mass is 16.5. The lowest BCUT2D eigenvalue weighted by Crippen LogP contribution is -2.47. The number of nitrogens with one attached hydrogen (secondary N) is 1. The molecule has 0 aromatic carbocycles. The van der Waals surface area contributed by atoms with Crippen LogP contribution in [-0.4, -0.2) is 50.7 Å². The Bertz CT molecular complexity index is 217. The van der Waals surface area contributed by atoms with Crippen molar-refractivity contribution in [1.29, 1.82) is 0 Å². The average Bonchev–Trinajstić information content (AvgIpc) is 2.22. The quantitative estimate of drug-likeness (QED) is 0.657. The van der Waals surface area contributed by atoms with Gasteiger partial charge in [0, 0.05) is 13.1 Å². The number of methoxy groups -OCH3 is 1. The van der Waals surface area contributed by atoms with Gasteiger partial charge in [-0.3, -0.25) is 4.79 Å². The van der Waals surface area contributed by atoms with E-state index in [4.69, 9.17) is 4.74 Å². The molecule has 1 unspecified atom stereocenters. The molecule has 1 fully saturated rings. The van der Waals surface area contributed by atoms with E-state index in [0.29, 0.717) is 0 Å². The summed E-state index contributed by atoms with van der Waals surface area (Å²) >= 11 is 0. The van der Waals surface area contributed by atoms with Crippen molar-refractivity contribution in [2.24, 2.45) is 5.92 Å². The van der Waals surface area contributed by atoms with E-state index in [1.165, 1.54) is 26.4 Å². The van der Waals surface area contributed by atoms with Gasteiger partial charge in [0.15, 0.2) is 0 Å². The minimum absolute atomic E-state index is 0.165. The van der Waals surface area contributed by atoms with Gasteiger partial charge in [0.25, 0.3) is 0 Å². The maximum Gasteiger partial charge on any atom is 0.324 e. The number of carbonyl (C=O) groups excluding carboxylic acids is 1. The molecule has 0 saturated heterocycles. The number of hydrogen-bond donors (Lipinski definition) is 1. The summed E-state index contributed by atoms with van der Waals surface area (Å²) in [6, 6.07) is -0.194. The zero-order valence-corrected chi connectivity index (χ0v) is 10.7. The number of ether oxygens (including phenoxy) is 1. The van der Waals surface area contributed by atoms with Gasteiger partial charge in [-0.15, -0.1) is 0 Å². The molecule has 4 heteroatoms. The van der Waals surface area contributed by atoms with Gasteiger partial charge in [-0.05, 0) is 32.4 Å². The molecule has 1 N–H and O–H groups in total. The van der Waals surface area contributed by atoms with Crippen LogP contribution < -0.4 is 5.32 Å².